The molecule has 1 saturated heterocycles. The summed E-state index contributed by atoms with van der Waals surface area (Å²) >= 11 is 0. The van der Waals surface area contributed by atoms with Crippen molar-refractivity contribution < 1.29 is 9.90 Å². The van der Waals surface area contributed by atoms with E-state index >= 15 is 0 Å². The van der Waals surface area contributed by atoms with Crippen LogP contribution in [-0.2, 0) is 11.4 Å². The molecule has 1 amide bonds. The number of amides is 1. The molecule has 1 aromatic rings. The lowest BCUT2D eigenvalue weighted by atomic mass is 10.1. The van der Waals surface area contributed by atoms with Crippen molar-refractivity contribution >= 4 is 5.91 Å². The zero-order valence-electron chi connectivity index (χ0n) is 10.2. The third-order valence-electron chi connectivity index (χ3n) is 3.35. The van der Waals surface area contributed by atoms with Crippen LogP contribution < -0.4 is 0 Å². The first-order valence-electron chi connectivity index (χ1n) is 6.14. The lowest BCUT2D eigenvalue weighted by Gasteiger charge is -2.30. The van der Waals surface area contributed by atoms with Crippen LogP contribution in [0.25, 0.3) is 0 Å². The first-order chi connectivity index (χ1) is 8.24. The van der Waals surface area contributed by atoms with E-state index in [4.69, 9.17) is 5.11 Å². The van der Waals surface area contributed by atoms with Crippen molar-refractivity contribution in [2.24, 2.45) is 0 Å². The summed E-state index contributed by atoms with van der Waals surface area (Å²) in [6.45, 7) is 3.48. The number of likely N-dealkylation sites (tertiary alicyclic amines) is 1. The zero-order valence-corrected chi connectivity index (χ0v) is 10.2. The van der Waals surface area contributed by atoms with Gasteiger partial charge in [-0.25, -0.2) is 4.98 Å². The Bertz CT molecular complexity index is 383. The smallest absolute Gasteiger partial charge is 0.245 e. The van der Waals surface area contributed by atoms with E-state index in [9.17, 15) is 4.79 Å². The predicted octanol–water partition coefficient (Wildman–Crippen LogP) is 0.949. The van der Waals surface area contributed by atoms with Crippen molar-refractivity contribution in [1.29, 1.82) is 0 Å². The first-order valence-corrected chi connectivity index (χ1v) is 6.14. The molecule has 0 aliphatic carbocycles. The number of carbonyl (C=O) groups is 1. The molecular formula is C12H19N3O2. The first kappa shape index (κ1) is 12.1. The van der Waals surface area contributed by atoms with Crippen molar-refractivity contribution in [2.75, 3.05) is 13.1 Å². The SMILES string of the molecule is CC(C(=O)N1CCCCC1)n1cncc1CO. The summed E-state index contributed by atoms with van der Waals surface area (Å²) < 4.78 is 1.75. The molecule has 5 nitrogen and oxygen atoms in total. The molecule has 0 aromatic carbocycles. The van der Waals surface area contributed by atoms with Gasteiger partial charge in [-0.1, -0.05) is 0 Å². The molecule has 1 fully saturated rings. The van der Waals surface area contributed by atoms with E-state index in [1.165, 1.54) is 6.42 Å². The van der Waals surface area contributed by atoms with E-state index in [2.05, 4.69) is 4.98 Å². The second-order valence-corrected chi connectivity index (χ2v) is 4.51. The van der Waals surface area contributed by atoms with E-state index in [0.29, 0.717) is 5.69 Å². The average molecular weight is 237 g/mol. The van der Waals surface area contributed by atoms with Crippen molar-refractivity contribution in [3.8, 4) is 0 Å². The molecular weight excluding hydrogens is 218 g/mol. The highest BCUT2D eigenvalue weighted by atomic mass is 16.3. The van der Waals surface area contributed by atoms with Gasteiger partial charge in [0, 0.05) is 13.1 Å². The fraction of sp³-hybridized carbons (Fsp3) is 0.667. The normalized spacial score (nSPS) is 18.1. The number of imidazole rings is 1. The summed E-state index contributed by atoms with van der Waals surface area (Å²) in [6.07, 6.45) is 6.60. The van der Waals surface area contributed by atoms with Crippen LogP contribution in [0.3, 0.4) is 0 Å². The molecule has 1 unspecified atom stereocenters. The Morgan fingerprint density at radius 2 is 2.18 bits per heavy atom. The molecule has 1 aromatic heterocycles. The van der Waals surface area contributed by atoms with Crippen LogP contribution in [0.15, 0.2) is 12.5 Å². The van der Waals surface area contributed by atoms with Gasteiger partial charge in [-0.3, -0.25) is 4.79 Å². The predicted molar refractivity (Wildman–Crippen MR) is 63.3 cm³/mol. The Balaban J connectivity index is 2.08. The second kappa shape index (κ2) is 5.31. The van der Waals surface area contributed by atoms with E-state index in [1.54, 1.807) is 17.1 Å². The maximum absolute atomic E-state index is 12.3. The second-order valence-electron chi connectivity index (χ2n) is 4.51. The molecule has 1 aliphatic rings. The van der Waals surface area contributed by atoms with Crippen molar-refractivity contribution in [1.82, 2.24) is 14.5 Å². The molecule has 0 saturated carbocycles. The van der Waals surface area contributed by atoms with Crippen LogP contribution in [-0.4, -0.2) is 38.6 Å². The Hall–Kier alpha value is -1.36. The van der Waals surface area contributed by atoms with E-state index in [0.717, 1.165) is 25.9 Å². The molecule has 0 spiro atoms. The minimum atomic E-state index is -0.280. The number of aromatic nitrogens is 2. The highest BCUT2D eigenvalue weighted by Crippen LogP contribution is 2.17. The monoisotopic (exact) mass is 237 g/mol. The number of nitrogens with zero attached hydrogens (tertiary/aromatic N) is 3. The number of piperidine rings is 1. The number of aliphatic hydroxyl groups excluding tert-OH is 1. The summed E-state index contributed by atoms with van der Waals surface area (Å²) in [6, 6.07) is -0.280. The summed E-state index contributed by atoms with van der Waals surface area (Å²) in [5, 5.41) is 9.16. The van der Waals surface area contributed by atoms with Crippen LogP contribution in [0.4, 0.5) is 0 Å². The minimum Gasteiger partial charge on any atom is -0.390 e. The van der Waals surface area contributed by atoms with E-state index < -0.39 is 0 Å². The van der Waals surface area contributed by atoms with Gasteiger partial charge < -0.3 is 14.6 Å². The molecule has 2 rings (SSSR count). The van der Waals surface area contributed by atoms with Gasteiger partial charge in [-0.05, 0) is 26.2 Å². The Labute approximate surface area is 101 Å². The molecule has 17 heavy (non-hydrogen) atoms. The maximum atomic E-state index is 12.3. The van der Waals surface area contributed by atoms with Crippen LogP contribution >= 0.6 is 0 Å². The molecule has 0 radical (unpaired) electrons. The standard InChI is InChI=1S/C12H19N3O2/c1-10(15-9-13-7-11(15)8-16)12(17)14-5-3-2-4-6-14/h7,9-10,16H,2-6,8H2,1H3. The zero-order chi connectivity index (χ0) is 12.3. The number of rotatable bonds is 3. The summed E-state index contributed by atoms with van der Waals surface area (Å²) in [7, 11) is 0. The summed E-state index contributed by atoms with van der Waals surface area (Å²) in [4.78, 5) is 18.1. The van der Waals surface area contributed by atoms with Crippen LogP contribution in [0.5, 0.6) is 0 Å². The summed E-state index contributed by atoms with van der Waals surface area (Å²) in [5.74, 6) is 0.123. The van der Waals surface area contributed by atoms with Crippen LogP contribution in [0.2, 0.25) is 0 Å². The third-order valence-corrected chi connectivity index (χ3v) is 3.35. The van der Waals surface area contributed by atoms with E-state index in [-0.39, 0.29) is 18.6 Å². The number of hydrogen-bond donors (Lipinski definition) is 1. The number of aliphatic hydroxyl groups is 1. The molecule has 5 heteroatoms. The fourth-order valence-corrected chi connectivity index (χ4v) is 2.30. The van der Waals surface area contributed by atoms with Gasteiger partial charge in [0.2, 0.25) is 5.91 Å². The molecule has 2 heterocycles. The van der Waals surface area contributed by atoms with Gasteiger partial charge in [-0.15, -0.1) is 0 Å². The molecule has 1 N–H and O–H groups in total. The lowest BCUT2D eigenvalue weighted by molar-refractivity contribution is -0.135. The molecule has 0 bridgehead atoms. The number of carbonyl (C=O) groups excluding carboxylic acids is 1. The Morgan fingerprint density at radius 1 is 1.47 bits per heavy atom. The molecule has 94 valence electrons. The van der Waals surface area contributed by atoms with Gasteiger partial charge in [0.1, 0.15) is 6.04 Å². The summed E-state index contributed by atoms with van der Waals surface area (Å²) in [5.41, 5.74) is 0.683. The van der Waals surface area contributed by atoms with Crippen molar-refractivity contribution in [3.63, 3.8) is 0 Å². The third kappa shape index (κ3) is 2.49. The van der Waals surface area contributed by atoms with Gasteiger partial charge in [0.05, 0.1) is 24.8 Å². The number of hydrogen-bond acceptors (Lipinski definition) is 3. The highest BCUT2D eigenvalue weighted by Gasteiger charge is 2.24. The fourth-order valence-electron chi connectivity index (χ4n) is 2.30. The molecule has 1 atom stereocenters. The van der Waals surface area contributed by atoms with Gasteiger partial charge in [0.25, 0.3) is 0 Å². The highest BCUT2D eigenvalue weighted by molar-refractivity contribution is 5.80. The Kier molecular flexibility index (Phi) is 3.78. The van der Waals surface area contributed by atoms with Gasteiger partial charge >= 0.3 is 0 Å². The quantitative estimate of drug-likeness (QED) is 0.851. The largest absolute Gasteiger partial charge is 0.390 e. The van der Waals surface area contributed by atoms with Gasteiger partial charge in [-0.2, -0.15) is 0 Å². The Morgan fingerprint density at radius 3 is 2.82 bits per heavy atom. The molecule has 1 aliphatic heterocycles. The minimum absolute atomic E-state index is 0.0857. The maximum Gasteiger partial charge on any atom is 0.245 e. The lowest BCUT2D eigenvalue weighted by Crippen LogP contribution is -2.39. The van der Waals surface area contributed by atoms with Crippen LogP contribution in [0, 0.1) is 0 Å². The van der Waals surface area contributed by atoms with E-state index in [1.807, 2.05) is 11.8 Å². The van der Waals surface area contributed by atoms with Crippen LogP contribution in [0.1, 0.15) is 37.9 Å². The van der Waals surface area contributed by atoms with Crippen molar-refractivity contribution in [3.05, 3.63) is 18.2 Å². The van der Waals surface area contributed by atoms with Crippen molar-refractivity contribution in [2.45, 2.75) is 38.8 Å². The topological polar surface area (TPSA) is 58.4 Å². The average Bonchev–Trinajstić information content (AvgIpc) is 2.86. The van der Waals surface area contributed by atoms with Gasteiger partial charge in [0.15, 0.2) is 0 Å².